The predicted molar refractivity (Wildman–Crippen MR) is 132 cm³/mol. The second-order valence-corrected chi connectivity index (χ2v) is 14.6. The van der Waals surface area contributed by atoms with Crippen molar-refractivity contribution in [3.05, 3.63) is 59.4 Å². The molecule has 190 valence electrons. The quantitative estimate of drug-likeness (QED) is 0.364. The number of rotatable bonds is 6. The van der Waals surface area contributed by atoms with E-state index in [0.29, 0.717) is 5.69 Å². The Balaban J connectivity index is 1.92. The lowest BCUT2D eigenvalue weighted by atomic mass is 9.92. The molecule has 0 bridgehead atoms. The summed E-state index contributed by atoms with van der Waals surface area (Å²) in [6.07, 6.45) is 0. The molecule has 0 aromatic heterocycles. The number of carbonyl (C=O) groups is 1. The molecule has 0 radical (unpaired) electrons. The van der Waals surface area contributed by atoms with Gasteiger partial charge in [0, 0.05) is 35.8 Å². The highest BCUT2D eigenvalue weighted by Gasteiger charge is 2.42. The number of methoxy groups -OCH3 is 1. The summed E-state index contributed by atoms with van der Waals surface area (Å²) >= 11 is 0. The molecule has 0 unspecified atom stereocenters. The van der Waals surface area contributed by atoms with Crippen LogP contribution in [0.1, 0.15) is 32.3 Å². The molecule has 2 amide bonds. The molecule has 11 heteroatoms. The highest BCUT2D eigenvalue weighted by molar-refractivity contribution is 6.74. The van der Waals surface area contributed by atoms with Crippen LogP contribution < -0.4 is 20.7 Å². The van der Waals surface area contributed by atoms with Gasteiger partial charge in [0.2, 0.25) is 0 Å². The van der Waals surface area contributed by atoms with E-state index in [1.54, 1.807) is 0 Å². The van der Waals surface area contributed by atoms with Gasteiger partial charge in [-0.05, 0) is 42.4 Å². The van der Waals surface area contributed by atoms with Crippen LogP contribution in [0.4, 0.5) is 23.7 Å². The lowest BCUT2D eigenvalue weighted by Crippen LogP contribution is -2.46. The molecule has 35 heavy (non-hydrogen) atoms. The fourth-order valence-electron chi connectivity index (χ4n) is 3.33. The number of urea groups is 1. The molecule has 0 spiro atoms. The van der Waals surface area contributed by atoms with Crippen molar-refractivity contribution in [1.29, 1.82) is 0 Å². The van der Waals surface area contributed by atoms with Gasteiger partial charge in [-0.3, -0.25) is 0 Å². The smallest absolute Gasteiger partial charge is 0.319 e. The summed E-state index contributed by atoms with van der Waals surface area (Å²) in [7, 11) is -0.982. The zero-order valence-corrected chi connectivity index (χ0v) is 21.6. The van der Waals surface area contributed by atoms with E-state index in [-0.39, 0.29) is 28.7 Å². The van der Waals surface area contributed by atoms with Gasteiger partial charge in [-0.2, -0.15) is 0 Å². The number of benzene rings is 2. The number of nitrogens with one attached hydrogen (secondary N) is 3. The van der Waals surface area contributed by atoms with Crippen molar-refractivity contribution in [3.8, 4) is 5.75 Å². The number of halogens is 3. The van der Waals surface area contributed by atoms with Crippen molar-refractivity contribution in [2.75, 3.05) is 19.0 Å². The minimum atomic E-state index is -2.30. The fourth-order valence-corrected chi connectivity index (χ4v) is 3.94. The summed E-state index contributed by atoms with van der Waals surface area (Å²) in [6.45, 7) is 10.3. The molecule has 3 N–H and O–H groups in total. The number of ether oxygens (including phenoxy) is 1. The van der Waals surface area contributed by atoms with Gasteiger partial charge in [-0.1, -0.05) is 25.9 Å². The molecule has 7 nitrogen and oxygen atoms in total. The van der Waals surface area contributed by atoms with Crippen molar-refractivity contribution in [1.82, 2.24) is 10.6 Å². The summed E-state index contributed by atoms with van der Waals surface area (Å²) < 4.78 is 53.9. The normalized spacial score (nSPS) is 19.3. The number of anilines is 1. The van der Waals surface area contributed by atoms with Crippen LogP contribution in [-0.2, 0) is 4.53 Å². The van der Waals surface area contributed by atoms with E-state index in [0.717, 1.165) is 12.1 Å². The Morgan fingerprint density at radius 2 is 1.71 bits per heavy atom. The third kappa shape index (κ3) is 6.08. The molecular weight excluding hydrogens is 477 g/mol. The fraction of sp³-hybridized carbons (Fsp3) is 0.417. The topological polar surface area (TPSA) is 84.0 Å². The van der Waals surface area contributed by atoms with Crippen molar-refractivity contribution in [2.24, 2.45) is 5.16 Å². The lowest BCUT2D eigenvalue weighted by molar-refractivity contribution is 0.249. The molecule has 1 saturated heterocycles. The van der Waals surface area contributed by atoms with Crippen LogP contribution >= 0.6 is 0 Å². The van der Waals surface area contributed by atoms with E-state index in [1.807, 2.05) is 13.1 Å². The molecule has 2 aromatic carbocycles. The molecule has 2 aromatic rings. The number of nitrogens with zero attached hydrogens (tertiary/aromatic N) is 1. The first-order chi connectivity index (χ1) is 16.3. The number of hydrogen-bond acceptors (Lipinski definition) is 4. The molecule has 0 saturated carbocycles. The number of oxime groups is 1. The standard InChI is InChI=1S/C24H31F3N4O3Si/c1-24(2,3)35(5,6)34-31-22-21(30-23(32)29-15-9-7-14(25)8-10-15)17(13-28-22)20-18(26)11-16(33-4)12-19(20)27/h7-12,17,21H,13H2,1-6H3,(H,28,31)(H2,29,30,32)/t17-,21-/m0/s1. The van der Waals surface area contributed by atoms with Crippen molar-refractivity contribution < 1.29 is 27.2 Å². The average molecular weight is 509 g/mol. The predicted octanol–water partition coefficient (Wildman–Crippen LogP) is 5.32. The minimum Gasteiger partial charge on any atom is -0.497 e. The molecule has 0 aliphatic carbocycles. The molecule has 2 atom stereocenters. The highest BCUT2D eigenvalue weighted by Crippen LogP contribution is 2.37. The highest BCUT2D eigenvalue weighted by atomic mass is 28.4. The van der Waals surface area contributed by atoms with Crippen molar-refractivity contribution >= 4 is 25.9 Å². The molecule has 1 aliphatic rings. The molecule has 1 heterocycles. The Kier molecular flexibility index (Phi) is 7.68. The third-order valence-corrected chi connectivity index (χ3v) is 10.6. The first-order valence-corrected chi connectivity index (χ1v) is 14.1. The zero-order chi connectivity index (χ0) is 26.0. The van der Waals surface area contributed by atoms with Crippen LogP contribution in [0, 0.1) is 17.5 Å². The van der Waals surface area contributed by atoms with Gasteiger partial charge in [0.15, 0.2) is 5.84 Å². The van der Waals surface area contributed by atoms with Crippen molar-refractivity contribution in [2.45, 2.75) is 50.9 Å². The van der Waals surface area contributed by atoms with Crippen LogP contribution in [0.5, 0.6) is 5.75 Å². The Bertz CT molecular complexity index is 1080. The van der Waals surface area contributed by atoms with Gasteiger partial charge in [-0.15, -0.1) is 0 Å². The maximum absolute atomic E-state index is 14.9. The SMILES string of the molecule is COc1cc(F)c([C@@H]2CN/C(=N\O[Si](C)(C)C(C)(C)C)[C@H]2NC(=O)Nc2ccc(F)cc2)c(F)c1. The monoisotopic (exact) mass is 508 g/mol. The Morgan fingerprint density at radius 1 is 1.11 bits per heavy atom. The van der Waals surface area contributed by atoms with E-state index >= 15 is 0 Å². The van der Waals surface area contributed by atoms with E-state index in [2.05, 4.69) is 41.9 Å². The van der Waals surface area contributed by atoms with Gasteiger partial charge in [0.1, 0.15) is 29.2 Å². The van der Waals surface area contributed by atoms with Gasteiger partial charge in [-0.25, -0.2) is 18.0 Å². The lowest BCUT2D eigenvalue weighted by Gasteiger charge is -2.33. The third-order valence-electron chi connectivity index (χ3n) is 6.43. The summed E-state index contributed by atoms with van der Waals surface area (Å²) in [5.41, 5.74) is 0.145. The first-order valence-electron chi connectivity index (χ1n) is 11.2. The molecule has 1 fully saturated rings. The average Bonchev–Trinajstić information content (AvgIpc) is 3.14. The molecule has 1 aliphatic heterocycles. The zero-order valence-electron chi connectivity index (χ0n) is 20.6. The van der Waals surface area contributed by atoms with Gasteiger partial charge in [0.05, 0.1) is 7.11 Å². The van der Waals surface area contributed by atoms with Crippen molar-refractivity contribution in [3.63, 3.8) is 0 Å². The Hall–Kier alpha value is -3.21. The summed E-state index contributed by atoms with van der Waals surface area (Å²) in [6, 6.07) is 5.83. The Morgan fingerprint density at radius 3 is 2.26 bits per heavy atom. The summed E-state index contributed by atoms with van der Waals surface area (Å²) in [4.78, 5) is 12.8. The van der Waals surface area contributed by atoms with E-state index in [4.69, 9.17) is 9.26 Å². The van der Waals surface area contributed by atoms with Gasteiger partial charge < -0.3 is 25.2 Å². The summed E-state index contributed by atoms with van der Waals surface area (Å²) in [5, 5.41) is 12.5. The maximum Gasteiger partial charge on any atom is 0.319 e. The van der Waals surface area contributed by atoms with Crippen LogP contribution in [-0.4, -0.2) is 39.9 Å². The number of hydrogen-bond donors (Lipinski definition) is 3. The van der Waals surface area contributed by atoms with Gasteiger partial charge in [0.25, 0.3) is 8.32 Å². The number of amidine groups is 1. The van der Waals surface area contributed by atoms with Crippen LogP contribution in [0.25, 0.3) is 0 Å². The molecule has 3 rings (SSSR count). The van der Waals surface area contributed by atoms with E-state index in [1.165, 1.54) is 31.4 Å². The minimum absolute atomic E-state index is 0.0448. The second-order valence-electron chi connectivity index (χ2n) is 9.90. The summed E-state index contributed by atoms with van der Waals surface area (Å²) in [5.74, 6) is -2.57. The van der Waals surface area contributed by atoms with Crippen LogP contribution in [0.2, 0.25) is 18.1 Å². The van der Waals surface area contributed by atoms with Crippen LogP contribution in [0.3, 0.4) is 0 Å². The second kappa shape index (κ2) is 10.2. The number of amides is 2. The van der Waals surface area contributed by atoms with Crippen LogP contribution in [0.15, 0.2) is 41.6 Å². The maximum atomic E-state index is 14.9. The van der Waals surface area contributed by atoms with E-state index < -0.39 is 43.8 Å². The Labute approximate surface area is 204 Å². The largest absolute Gasteiger partial charge is 0.497 e. The number of carbonyl (C=O) groups excluding carboxylic acids is 1. The van der Waals surface area contributed by atoms with E-state index in [9.17, 15) is 18.0 Å². The van der Waals surface area contributed by atoms with Gasteiger partial charge >= 0.3 is 6.03 Å². The first kappa shape index (κ1) is 26.4. The molecular formula is C24H31F3N4O3Si.